The highest BCUT2D eigenvalue weighted by atomic mass is 19.4. The third-order valence-corrected chi connectivity index (χ3v) is 3.57. The van der Waals surface area contributed by atoms with E-state index in [1.54, 1.807) is 6.07 Å². The molecule has 0 aliphatic carbocycles. The standard InChI is InChI=1S/C16H14F3NO/c17-16(18,19)13-7-3-4-8-15(13)21-10-14-12-6-2-1-5-11(12)9-20-14/h1-8,14,20H,9-10H2. The number of hydrogen-bond donors (Lipinski definition) is 1. The van der Waals surface area contributed by atoms with Crippen molar-refractivity contribution >= 4 is 0 Å². The Morgan fingerprint density at radius 3 is 2.57 bits per heavy atom. The third kappa shape index (κ3) is 2.88. The molecule has 2 aromatic carbocycles. The van der Waals surface area contributed by atoms with Gasteiger partial charge in [0.15, 0.2) is 0 Å². The lowest BCUT2D eigenvalue weighted by Crippen LogP contribution is -2.20. The van der Waals surface area contributed by atoms with Crippen molar-refractivity contribution in [3.8, 4) is 5.75 Å². The highest BCUT2D eigenvalue weighted by Crippen LogP contribution is 2.36. The molecule has 0 saturated heterocycles. The van der Waals surface area contributed by atoms with Gasteiger partial charge in [0, 0.05) is 6.54 Å². The fourth-order valence-electron chi connectivity index (χ4n) is 2.53. The second kappa shape index (κ2) is 5.41. The van der Waals surface area contributed by atoms with Crippen molar-refractivity contribution in [1.82, 2.24) is 5.32 Å². The summed E-state index contributed by atoms with van der Waals surface area (Å²) < 4.78 is 44.1. The van der Waals surface area contributed by atoms with Gasteiger partial charge in [-0.15, -0.1) is 0 Å². The minimum Gasteiger partial charge on any atom is -0.491 e. The maximum Gasteiger partial charge on any atom is 0.419 e. The second-order valence-corrected chi connectivity index (χ2v) is 4.94. The van der Waals surface area contributed by atoms with Crippen LogP contribution in [0.1, 0.15) is 22.7 Å². The van der Waals surface area contributed by atoms with Gasteiger partial charge in [0.1, 0.15) is 12.4 Å². The van der Waals surface area contributed by atoms with Crippen LogP contribution in [0.25, 0.3) is 0 Å². The van der Waals surface area contributed by atoms with Gasteiger partial charge >= 0.3 is 6.18 Å². The van der Waals surface area contributed by atoms with E-state index in [9.17, 15) is 13.2 Å². The van der Waals surface area contributed by atoms with Crippen molar-refractivity contribution in [3.05, 3.63) is 65.2 Å². The number of alkyl halides is 3. The zero-order chi connectivity index (χ0) is 14.9. The molecule has 1 aliphatic heterocycles. The zero-order valence-corrected chi connectivity index (χ0v) is 11.2. The Balaban J connectivity index is 1.75. The van der Waals surface area contributed by atoms with Crippen LogP contribution in [0.15, 0.2) is 48.5 Å². The molecule has 1 atom stereocenters. The lowest BCUT2D eigenvalue weighted by Gasteiger charge is -2.17. The quantitative estimate of drug-likeness (QED) is 0.926. The van der Waals surface area contributed by atoms with Crippen molar-refractivity contribution in [1.29, 1.82) is 0 Å². The number of halogens is 3. The van der Waals surface area contributed by atoms with Gasteiger partial charge in [0.05, 0.1) is 11.6 Å². The van der Waals surface area contributed by atoms with Gasteiger partial charge in [0.2, 0.25) is 0 Å². The van der Waals surface area contributed by atoms with Gasteiger partial charge in [-0.2, -0.15) is 13.2 Å². The number of benzene rings is 2. The molecule has 1 heterocycles. The molecule has 21 heavy (non-hydrogen) atoms. The Morgan fingerprint density at radius 1 is 1.05 bits per heavy atom. The third-order valence-electron chi connectivity index (χ3n) is 3.57. The Kier molecular flexibility index (Phi) is 3.59. The largest absolute Gasteiger partial charge is 0.491 e. The number of rotatable bonds is 3. The first-order chi connectivity index (χ1) is 10.1. The predicted molar refractivity (Wildman–Crippen MR) is 73.0 cm³/mol. The molecule has 2 nitrogen and oxygen atoms in total. The summed E-state index contributed by atoms with van der Waals surface area (Å²) in [6.45, 7) is 0.884. The zero-order valence-electron chi connectivity index (χ0n) is 11.2. The van der Waals surface area contributed by atoms with Crippen LogP contribution < -0.4 is 10.1 Å². The summed E-state index contributed by atoms with van der Waals surface area (Å²) in [5, 5.41) is 3.24. The van der Waals surface area contributed by atoms with Gasteiger partial charge in [-0.25, -0.2) is 0 Å². The van der Waals surface area contributed by atoms with Gasteiger partial charge in [0.25, 0.3) is 0 Å². The fourth-order valence-corrected chi connectivity index (χ4v) is 2.53. The minimum atomic E-state index is -4.41. The second-order valence-electron chi connectivity index (χ2n) is 4.94. The van der Waals surface area contributed by atoms with Gasteiger partial charge < -0.3 is 10.1 Å². The van der Waals surface area contributed by atoms with Gasteiger partial charge in [-0.1, -0.05) is 36.4 Å². The summed E-state index contributed by atoms with van der Waals surface area (Å²) >= 11 is 0. The molecule has 0 bridgehead atoms. The highest BCUT2D eigenvalue weighted by molar-refractivity contribution is 5.37. The number of nitrogens with one attached hydrogen (secondary N) is 1. The average molecular weight is 293 g/mol. The van der Waals surface area contributed by atoms with E-state index in [1.165, 1.54) is 12.1 Å². The topological polar surface area (TPSA) is 21.3 Å². The van der Waals surface area contributed by atoms with Crippen molar-refractivity contribution in [2.45, 2.75) is 18.8 Å². The lowest BCUT2D eigenvalue weighted by atomic mass is 10.1. The van der Waals surface area contributed by atoms with E-state index in [1.807, 2.05) is 24.3 Å². The summed E-state index contributed by atoms with van der Waals surface area (Å²) in [5.74, 6) is -0.129. The lowest BCUT2D eigenvalue weighted by molar-refractivity contribution is -0.139. The SMILES string of the molecule is FC(F)(F)c1ccccc1OCC1NCc2ccccc21. The summed E-state index contributed by atoms with van der Waals surface area (Å²) in [5.41, 5.74) is 1.51. The molecule has 3 rings (SSSR count). The van der Waals surface area contributed by atoms with Crippen LogP contribution in [0.2, 0.25) is 0 Å². The molecule has 1 unspecified atom stereocenters. The molecule has 0 saturated carbocycles. The highest BCUT2D eigenvalue weighted by Gasteiger charge is 2.34. The molecule has 0 radical (unpaired) electrons. The monoisotopic (exact) mass is 293 g/mol. The molecule has 0 amide bonds. The van der Waals surface area contributed by atoms with Crippen LogP contribution in [0.5, 0.6) is 5.75 Å². The predicted octanol–water partition coefficient (Wildman–Crippen LogP) is 3.93. The van der Waals surface area contributed by atoms with E-state index in [4.69, 9.17) is 4.74 Å². The summed E-state index contributed by atoms with van der Waals surface area (Å²) in [7, 11) is 0. The molecule has 2 aromatic rings. The van der Waals surface area contributed by atoms with Crippen LogP contribution in [0, 0.1) is 0 Å². The van der Waals surface area contributed by atoms with Crippen molar-refractivity contribution in [2.24, 2.45) is 0 Å². The number of para-hydroxylation sites is 1. The summed E-state index contributed by atoms with van der Waals surface area (Å²) in [6.07, 6.45) is -4.41. The maximum absolute atomic E-state index is 12.9. The maximum atomic E-state index is 12.9. The van der Waals surface area contributed by atoms with Crippen molar-refractivity contribution < 1.29 is 17.9 Å². The van der Waals surface area contributed by atoms with E-state index in [0.29, 0.717) is 6.54 Å². The Morgan fingerprint density at radius 2 is 1.76 bits per heavy atom. The first-order valence-electron chi connectivity index (χ1n) is 6.66. The fraction of sp³-hybridized carbons (Fsp3) is 0.250. The average Bonchev–Trinajstić information content (AvgIpc) is 2.88. The first kappa shape index (κ1) is 13.9. The van der Waals surface area contributed by atoms with E-state index in [-0.39, 0.29) is 18.4 Å². The minimum absolute atomic E-state index is 0.0810. The number of ether oxygens (including phenoxy) is 1. The molecule has 110 valence electrons. The Hall–Kier alpha value is -2.01. The normalized spacial score (nSPS) is 17.6. The number of hydrogen-bond acceptors (Lipinski definition) is 2. The molecule has 5 heteroatoms. The molecule has 1 aliphatic rings. The van der Waals surface area contributed by atoms with Crippen molar-refractivity contribution in [3.63, 3.8) is 0 Å². The van der Waals surface area contributed by atoms with Crippen LogP contribution >= 0.6 is 0 Å². The Bertz CT molecular complexity index is 639. The first-order valence-corrected chi connectivity index (χ1v) is 6.66. The van der Waals surface area contributed by atoms with Crippen molar-refractivity contribution in [2.75, 3.05) is 6.61 Å². The summed E-state index contributed by atoms with van der Waals surface area (Å²) in [6, 6.07) is 13.0. The van der Waals surface area contributed by atoms with Gasteiger partial charge in [-0.05, 0) is 23.3 Å². The van der Waals surface area contributed by atoms with Crippen LogP contribution in [0.3, 0.4) is 0 Å². The van der Waals surface area contributed by atoms with Crippen LogP contribution in [-0.4, -0.2) is 6.61 Å². The van der Waals surface area contributed by atoms with Crippen LogP contribution in [-0.2, 0) is 12.7 Å². The van der Waals surface area contributed by atoms with Crippen LogP contribution in [0.4, 0.5) is 13.2 Å². The molecular weight excluding hydrogens is 279 g/mol. The van der Waals surface area contributed by atoms with E-state index in [0.717, 1.165) is 17.2 Å². The van der Waals surface area contributed by atoms with E-state index < -0.39 is 11.7 Å². The molecule has 1 N–H and O–H groups in total. The molecule has 0 spiro atoms. The smallest absolute Gasteiger partial charge is 0.419 e. The van der Waals surface area contributed by atoms with E-state index >= 15 is 0 Å². The number of fused-ring (bicyclic) bond motifs is 1. The molecule has 0 aromatic heterocycles. The molecular formula is C16H14F3NO. The molecule has 0 fully saturated rings. The van der Waals surface area contributed by atoms with E-state index in [2.05, 4.69) is 5.32 Å². The Labute approximate surface area is 120 Å². The summed E-state index contributed by atoms with van der Waals surface area (Å²) in [4.78, 5) is 0. The van der Waals surface area contributed by atoms with Gasteiger partial charge in [-0.3, -0.25) is 0 Å².